The maximum absolute atomic E-state index is 10.3. The monoisotopic (exact) mass is 334 g/mol. The molecule has 1 aromatic carbocycles. The van der Waals surface area contributed by atoms with Crippen molar-refractivity contribution in [2.45, 2.75) is 0 Å². The molecule has 0 spiro atoms. The molecule has 0 fully saturated rings. The van der Waals surface area contributed by atoms with Gasteiger partial charge in [0.1, 0.15) is 11.6 Å². The van der Waals surface area contributed by atoms with Crippen LogP contribution in [-0.4, -0.2) is 21.4 Å². The Hall–Kier alpha value is -1.60. The second-order valence-electron chi connectivity index (χ2n) is 3.30. The number of nitrogens with two attached hydrogens (primary N) is 1. The van der Waals surface area contributed by atoms with Crippen LogP contribution in [0.5, 0.6) is 5.75 Å². The molecule has 0 aliphatic rings. The smallest absolute Gasteiger partial charge is 0.224 e. The second-order valence-corrected chi connectivity index (χ2v) is 4.48. The molecule has 2 rings (SSSR count). The third-order valence-corrected chi connectivity index (χ3v) is 2.65. The average Bonchev–Trinajstić information content (AvgIpc) is 2.43. The van der Waals surface area contributed by atoms with Crippen molar-refractivity contribution in [3.05, 3.63) is 45.3 Å². The number of hydrogen-bond donors (Lipinski definition) is 3. The number of rotatable bonds is 2. The van der Waals surface area contributed by atoms with Crippen LogP contribution >= 0.6 is 34.8 Å². The van der Waals surface area contributed by atoms with Crippen molar-refractivity contribution >= 4 is 46.9 Å². The fourth-order valence-corrected chi connectivity index (χ4v) is 1.75. The molecule has 0 bridgehead atoms. The number of aldehydes is 1. The highest BCUT2D eigenvalue weighted by Gasteiger charge is 2.05. The van der Waals surface area contributed by atoms with Crippen molar-refractivity contribution in [3.63, 3.8) is 0 Å². The van der Waals surface area contributed by atoms with Crippen LogP contribution in [0.1, 0.15) is 10.4 Å². The molecule has 0 aliphatic heterocycles. The molecule has 0 saturated carbocycles. The van der Waals surface area contributed by atoms with Gasteiger partial charge >= 0.3 is 0 Å². The number of hydrazine groups is 1. The molecule has 4 N–H and O–H groups in total. The second kappa shape index (κ2) is 7.86. The molecule has 0 aliphatic carbocycles. The molecule has 106 valence electrons. The number of nitrogens with one attached hydrogen (secondary N) is 1. The first-order chi connectivity index (χ1) is 9.47. The number of nitrogens with zero attached hydrogens (tertiary/aromatic N) is 2. The fourth-order valence-electron chi connectivity index (χ4n) is 1.09. The Labute approximate surface area is 129 Å². The Kier molecular flexibility index (Phi) is 6.47. The van der Waals surface area contributed by atoms with Gasteiger partial charge in [-0.15, -0.1) is 0 Å². The van der Waals surface area contributed by atoms with E-state index >= 15 is 0 Å². The topological polar surface area (TPSA) is 101 Å². The number of aromatic hydroxyl groups is 1. The predicted molar refractivity (Wildman–Crippen MR) is 78.4 cm³/mol. The lowest BCUT2D eigenvalue weighted by Gasteiger charge is -1.99. The van der Waals surface area contributed by atoms with E-state index in [1.54, 1.807) is 6.07 Å². The van der Waals surface area contributed by atoms with E-state index in [-0.39, 0.29) is 21.6 Å². The number of phenolic OH excluding ortho intramolecular Hbond substituents is 1. The summed E-state index contributed by atoms with van der Waals surface area (Å²) in [4.78, 5) is 17.6. The molecular formula is C11H9Cl3N4O2. The van der Waals surface area contributed by atoms with E-state index in [1.165, 1.54) is 18.3 Å². The van der Waals surface area contributed by atoms with Crippen molar-refractivity contribution in [1.29, 1.82) is 0 Å². The summed E-state index contributed by atoms with van der Waals surface area (Å²) >= 11 is 16.5. The van der Waals surface area contributed by atoms with Crippen LogP contribution in [0.25, 0.3) is 0 Å². The van der Waals surface area contributed by atoms with Gasteiger partial charge in [-0.1, -0.05) is 23.2 Å². The van der Waals surface area contributed by atoms with Gasteiger partial charge in [-0.05, 0) is 23.7 Å². The SMILES string of the molecule is NNc1ccnc(Cl)n1.O=Cc1cc(Cl)cc(Cl)c1O. The summed E-state index contributed by atoms with van der Waals surface area (Å²) < 4.78 is 0. The molecule has 1 aromatic heterocycles. The molecule has 6 nitrogen and oxygen atoms in total. The first kappa shape index (κ1) is 16.5. The molecule has 0 saturated heterocycles. The van der Waals surface area contributed by atoms with Crippen LogP contribution in [0.15, 0.2) is 24.4 Å². The summed E-state index contributed by atoms with van der Waals surface area (Å²) in [6.07, 6.45) is 2.01. The summed E-state index contributed by atoms with van der Waals surface area (Å²) in [5.41, 5.74) is 2.43. The highest BCUT2D eigenvalue weighted by molar-refractivity contribution is 6.36. The third kappa shape index (κ3) is 4.82. The van der Waals surface area contributed by atoms with Crippen LogP contribution in [0, 0.1) is 0 Å². The number of halogens is 3. The first-order valence-corrected chi connectivity index (χ1v) is 6.19. The van der Waals surface area contributed by atoms with Gasteiger partial charge in [0.15, 0.2) is 6.29 Å². The van der Waals surface area contributed by atoms with E-state index in [4.69, 9.17) is 45.8 Å². The Morgan fingerprint density at radius 1 is 1.30 bits per heavy atom. The minimum Gasteiger partial charge on any atom is -0.506 e. The molecule has 9 heteroatoms. The number of hydrogen-bond acceptors (Lipinski definition) is 6. The van der Waals surface area contributed by atoms with E-state index in [9.17, 15) is 4.79 Å². The normalized spacial score (nSPS) is 9.40. The van der Waals surface area contributed by atoms with E-state index in [2.05, 4.69) is 15.4 Å². The zero-order chi connectivity index (χ0) is 15.1. The van der Waals surface area contributed by atoms with Crippen molar-refractivity contribution < 1.29 is 9.90 Å². The molecule has 0 radical (unpaired) electrons. The summed E-state index contributed by atoms with van der Waals surface area (Å²) in [6, 6.07) is 4.33. The molecule has 1 heterocycles. The summed E-state index contributed by atoms with van der Waals surface area (Å²) in [5.74, 6) is 5.30. The van der Waals surface area contributed by atoms with Crippen LogP contribution < -0.4 is 11.3 Å². The average molecular weight is 336 g/mol. The Morgan fingerprint density at radius 2 is 2.00 bits per heavy atom. The highest BCUT2D eigenvalue weighted by atomic mass is 35.5. The number of carbonyl (C=O) groups excluding carboxylic acids is 1. The van der Waals surface area contributed by atoms with Gasteiger partial charge in [0.2, 0.25) is 5.28 Å². The van der Waals surface area contributed by atoms with Crippen LogP contribution in [0.4, 0.5) is 5.82 Å². The van der Waals surface area contributed by atoms with Gasteiger partial charge < -0.3 is 10.5 Å². The van der Waals surface area contributed by atoms with Crippen LogP contribution in [0.2, 0.25) is 15.3 Å². The van der Waals surface area contributed by atoms with Crippen LogP contribution in [-0.2, 0) is 0 Å². The highest BCUT2D eigenvalue weighted by Crippen LogP contribution is 2.29. The van der Waals surface area contributed by atoms with Crippen molar-refractivity contribution in [3.8, 4) is 5.75 Å². The zero-order valence-electron chi connectivity index (χ0n) is 9.85. The molecule has 0 atom stereocenters. The molecule has 20 heavy (non-hydrogen) atoms. The van der Waals surface area contributed by atoms with E-state index in [0.717, 1.165) is 0 Å². The van der Waals surface area contributed by atoms with Crippen molar-refractivity contribution in [1.82, 2.24) is 9.97 Å². The predicted octanol–water partition coefficient (Wildman–Crippen LogP) is 2.93. The zero-order valence-corrected chi connectivity index (χ0v) is 12.1. The summed E-state index contributed by atoms with van der Waals surface area (Å²) in [6.45, 7) is 0. The number of benzene rings is 1. The molecular weight excluding hydrogens is 327 g/mol. The summed E-state index contributed by atoms with van der Waals surface area (Å²) in [7, 11) is 0. The minimum absolute atomic E-state index is 0.0830. The van der Waals surface area contributed by atoms with E-state index in [0.29, 0.717) is 17.1 Å². The largest absolute Gasteiger partial charge is 0.506 e. The van der Waals surface area contributed by atoms with Gasteiger partial charge in [0.05, 0.1) is 10.6 Å². The number of anilines is 1. The standard InChI is InChI=1S/C7H4Cl2O2.C4H5ClN4/c8-5-1-4(3-10)7(11)6(9)2-5;5-4-7-2-1-3(8-4)9-6/h1-3,11H;1-2H,6H2,(H,7,8,9). The lowest BCUT2D eigenvalue weighted by molar-refractivity contribution is 0.112. The number of nitrogen functional groups attached to an aromatic ring is 1. The van der Waals surface area contributed by atoms with Gasteiger partial charge in [-0.3, -0.25) is 4.79 Å². The van der Waals surface area contributed by atoms with E-state index < -0.39 is 0 Å². The van der Waals surface area contributed by atoms with Gasteiger partial charge in [-0.2, -0.15) is 4.98 Å². The fraction of sp³-hybridized carbons (Fsp3) is 0. The van der Waals surface area contributed by atoms with Gasteiger partial charge in [0, 0.05) is 17.3 Å². The van der Waals surface area contributed by atoms with Gasteiger partial charge in [-0.25, -0.2) is 10.8 Å². The quantitative estimate of drug-likeness (QED) is 0.337. The Morgan fingerprint density at radius 3 is 2.50 bits per heavy atom. The number of phenols is 1. The van der Waals surface area contributed by atoms with E-state index in [1.807, 2.05) is 0 Å². The van der Waals surface area contributed by atoms with Crippen LogP contribution in [0.3, 0.4) is 0 Å². The third-order valence-electron chi connectivity index (χ3n) is 1.96. The maximum Gasteiger partial charge on any atom is 0.224 e. The number of carbonyl (C=O) groups is 1. The minimum atomic E-state index is -0.230. The Balaban J connectivity index is 0.000000204. The maximum atomic E-state index is 10.3. The number of aromatic nitrogens is 2. The van der Waals surface area contributed by atoms with Crippen molar-refractivity contribution in [2.24, 2.45) is 5.84 Å². The first-order valence-electron chi connectivity index (χ1n) is 5.06. The Bertz CT molecular complexity index is 610. The molecule has 0 amide bonds. The molecule has 0 unspecified atom stereocenters. The summed E-state index contributed by atoms with van der Waals surface area (Å²) in [5, 5.41) is 9.70. The van der Waals surface area contributed by atoms with Crippen molar-refractivity contribution in [2.75, 3.05) is 5.43 Å². The lowest BCUT2D eigenvalue weighted by atomic mass is 10.2. The molecule has 2 aromatic rings. The van der Waals surface area contributed by atoms with Gasteiger partial charge in [0.25, 0.3) is 0 Å². The lowest BCUT2D eigenvalue weighted by Crippen LogP contribution is -2.08.